The molecule has 19 heavy (non-hydrogen) atoms. The summed E-state index contributed by atoms with van der Waals surface area (Å²) in [6.45, 7) is 0. The van der Waals surface area contributed by atoms with E-state index in [9.17, 15) is 9.59 Å². The molecule has 0 radical (unpaired) electrons. The third-order valence-electron chi connectivity index (χ3n) is 2.49. The Labute approximate surface area is 125 Å². The summed E-state index contributed by atoms with van der Waals surface area (Å²) in [6, 6.07) is 6.40. The number of halogens is 1. The largest absolute Gasteiger partial charge is 0.467 e. The van der Waals surface area contributed by atoms with Gasteiger partial charge in [0.15, 0.2) is 0 Å². The zero-order chi connectivity index (χ0) is 14.3. The summed E-state index contributed by atoms with van der Waals surface area (Å²) in [5.41, 5.74) is 0.507. The number of thioether (sulfide) groups is 1. The highest BCUT2D eigenvalue weighted by Gasteiger charge is 2.21. The number of rotatable bonds is 6. The van der Waals surface area contributed by atoms with Crippen LogP contribution in [0.5, 0.6) is 0 Å². The number of carbonyl (C=O) groups excluding carboxylic acids is 2. The molecule has 104 valence electrons. The van der Waals surface area contributed by atoms with Crippen molar-refractivity contribution in [1.82, 2.24) is 5.32 Å². The Balaban J connectivity index is 2.72. The fraction of sp³-hybridized carbons (Fsp3) is 0.385. The lowest BCUT2D eigenvalue weighted by atomic mass is 10.1. The van der Waals surface area contributed by atoms with Crippen LogP contribution in [0.4, 0.5) is 0 Å². The second-order valence-electron chi connectivity index (χ2n) is 3.84. The van der Waals surface area contributed by atoms with Crippen molar-refractivity contribution in [2.45, 2.75) is 12.5 Å². The molecule has 4 nitrogen and oxygen atoms in total. The molecule has 0 saturated heterocycles. The lowest BCUT2D eigenvalue weighted by molar-refractivity contribution is -0.142. The van der Waals surface area contributed by atoms with Gasteiger partial charge < -0.3 is 10.1 Å². The summed E-state index contributed by atoms with van der Waals surface area (Å²) in [7, 11) is 1.32. The molecule has 1 atom stereocenters. The Hall–Kier alpha value is -1.01. The monoisotopic (exact) mass is 345 g/mol. The van der Waals surface area contributed by atoms with Crippen LogP contribution in [-0.2, 0) is 9.53 Å². The molecule has 0 spiro atoms. The molecule has 0 saturated carbocycles. The minimum absolute atomic E-state index is 0.280. The first-order valence-electron chi connectivity index (χ1n) is 5.71. The van der Waals surface area contributed by atoms with E-state index in [1.54, 1.807) is 30.0 Å². The van der Waals surface area contributed by atoms with E-state index in [1.165, 1.54) is 7.11 Å². The van der Waals surface area contributed by atoms with Gasteiger partial charge in [0.05, 0.1) is 7.11 Å². The van der Waals surface area contributed by atoms with Crippen molar-refractivity contribution in [3.8, 4) is 0 Å². The second kappa shape index (κ2) is 8.22. The number of methoxy groups -OCH3 is 1. The maximum Gasteiger partial charge on any atom is 0.328 e. The first-order valence-corrected chi connectivity index (χ1v) is 7.90. The smallest absolute Gasteiger partial charge is 0.328 e. The van der Waals surface area contributed by atoms with Crippen LogP contribution in [0.15, 0.2) is 28.7 Å². The first kappa shape index (κ1) is 16.0. The van der Waals surface area contributed by atoms with Gasteiger partial charge in [0.1, 0.15) is 6.04 Å². The fourth-order valence-corrected chi connectivity index (χ4v) is 2.37. The van der Waals surface area contributed by atoms with Crippen molar-refractivity contribution in [3.05, 3.63) is 34.3 Å². The molecule has 1 amide bonds. The summed E-state index contributed by atoms with van der Waals surface area (Å²) in [6.07, 6.45) is 2.50. The molecule has 6 heteroatoms. The second-order valence-corrected chi connectivity index (χ2v) is 5.74. The van der Waals surface area contributed by atoms with Gasteiger partial charge in [-0.1, -0.05) is 22.0 Å². The lowest BCUT2D eigenvalue weighted by Crippen LogP contribution is -2.41. The van der Waals surface area contributed by atoms with E-state index in [2.05, 4.69) is 21.2 Å². The molecule has 0 heterocycles. The topological polar surface area (TPSA) is 55.4 Å². The Bertz CT molecular complexity index is 453. The highest BCUT2D eigenvalue weighted by Crippen LogP contribution is 2.12. The molecule has 0 aromatic heterocycles. The Kier molecular flexibility index (Phi) is 6.94. The van der Waals surface area contributed by atoms with Crippen molar-refractivity contribution in [1.29, 1.82) is 0 Å². The van der Waals surface area contributed by atoms with E-state index in [0.717, 1.165) is 10.2 Å². The van der Waals surface area contributed by atoms with Gasteiger partial charge in [0.2, 0.25) is 0 Å². The number of hydrogen-bond acceptors (Lipinski definition) is 4. The molecular weight excluding hydrogens is 330 g/mol. The molecule has 0 aliphatic carbocycles. The molecule has 1 aromatic carbocycles. The van der Waals surface area contributed by atoms with Crippen LogP contribution < -0.4 is 5.32 Å². The third-order valence-corrected chi connectivity index (χ3v) is 3.63. The third kappa shape index (κ3) is 5.24. The van der Waals surface area contributed by atoms with Crippen LogP contribution in [0, 0.1) is 0 Å². The van der Waals surface area contributed by atoms with Crippen molar-refractivity contribution < 1.29 is 14.3 Å². The number of benzene rings is 1. The van der Waals surface area contributed by atoms with E-state index in [-0.39, 0.29) is 5.91 Å². The molecule has 1 aromatic rings. The first-order chi connectivity index (χ1) is 9.08. The quantitative estimate of drug-likeness (QED) is 0.804. The van der Waals surface area contributed by atoms with Crippen molar-refractivity contribution in [2.24, 2.45) is 0 Å². The molecular formula is C13H16BrNO3S. The van der Waals surface area contributed by atoms with Crippen LogP contribution in [0.2, 0.25) is 0 Å². The van der Waals surface area contributed by atoms with E-state index >= 15 is 0 Å². The van der Waals surface area contributed by atoms with Gasteiger partial charge in [-0.05, 0) is 36.6 Å². The zero-order valence-electron chi connectivity index (χ0n) is 10.8. The highest BCUT2D eigenvalue weighted by molar-refractivity contribution is 9.10. The average Bonchev–Trinajstić information content (AvgIpc) is 2.42. The van der Waals surface area contributed by atoms with E-state index in [1.807, 2.05) is 12.3 Å². The Morgan fingerprint density at radius 2 is 2.21 bits per heavy atom. The molecule has 1 rings (SSSR count). The normalized spacial score (nSPS) is 11.7. The van der Waals surface area contributed by atoms with E-state index < -0.39 is 12.0 Å². The Morgan fingerprint density at radius 1 is 1.47 bits per heavy atom. The summed E-state index contributed by atoms with van der Waals surface area (Å²) in [4.78, 5) is 23.6. The minimum atomic E-state index is -0.607. The highest BCUT2D eigenvalue weighted by atomic mass is 79.9. The standard InChI is InChI=1S/C13H16BrNO3S/c1-18-13(17)11(6-7-19-2)15-12(16)9-4-3-5-10(14)8-9/h3-5,8,11H,6-7H2,1-2H3,(H,15,16)/t11-/m0/s1. The van der Waals surface area contributed by atoms with Crippen LogP contribution in [0.3, 0.4) is 0 Å². The average molecular weight is 346 g/mol. The summed E-state index contributed by atoms with van der Waals surface area (Å²) in [5, 5.41) is 2.70. The SMILES string of the molecule is COC(=O)[C@H](CCSC)NC(=O)c1cccc(Br)c1. The maximum atomic E-state index is 12.0. The molecule has 0 aliphatic rings. The molecule has 1 N–H and O–H groups in total. The van der Waals surface area contributed by atoms with Gasteiger partial charge in [-0.3, -0.25) is 4.79 Å². The van der Waals surface area contributed by atoms with Gasteiger partial charge in [-0.25, -0.2) is 4.79 Å². The minimum Gasteiger partial charge on any atom is -0.467 e. The summed E-state index contributed by atoms with van der Waals surface area (Å²) >= 11 is 4.92. The number of carbonyl (C=O) groups is 2. The number of ether oxygens (including phenoxy) is 1. The van der Waals surface area contributed by atoms with E-state index in [4.69, 9.17) is 4.74 Å². The fourth-order valence-electron chi connectivity index (χ4n) is 1.50. The predicted molar refractivity (Wildman–Crippen MR) is 80.4 cm³/mol. The maximum absolute atomic E-state index is 12.0. The van der Waals surface area contributed by atoms with Crippen molar-refractivity contribution >= 4 is 39.6 Å². The van der Waals surface area contributed by atoms with Gasteiger partial charge in [-0.15, -0.1) is 0 Å². The van der Waals surface area contributed by atoms with Crippen LogP contribution in [-0.4, -0.2) is 37.0 Å². The van der Waals surface area contributed by atoms with Crippen LogP contribution >= 0.6 is 27.7 Å². The van der Waals surface area contributed by atoms with Crippen molar-refractivity contribution in [2.75, 3.05) is 19.1 Å². The van der Waals surface area contributed by atoms with Gasteiger partial charge in [0, 0.05) is 10.0 Å². The molecule has 0 bridgehead atoms. The molecule has 0 fully saturated rings. The number of hydrogen-bond donors (Lipinski definition) is 1. The zero-order valence-corrected chi connectivity index (χ0v) is 13.2. The molecule has 0 unspecified atom stereocenters. The Morgan fingerprint density at radius 3 is 2.79 bits per heavy atom. The van der Waals surface area contributed by atoms with Gasteiger partial charge in [-0.2, -0.15) is 11.8 Å². The number of esters is 1. The number of nitrogens with one attached hydrogen (secondary N) is 1. The van der Waals surface area contributed by atoms with Gasteiger partial charge in [0.25, 0.3) is 5.91 Å². The van der Waals surface area contributed by atoms with E-state index in [0.29, 0.717) is 12.0 Å². The predicted octanol–water partition coefficient (Wildman–Crippen LogP) is 2.47. The number of amides is 1. The van der Waals surface area contributed by atoms with Gasteiger partial charge >= 0.3 is 5.97 Å². The van der Waals surface area contributed by atoms with Crippen LogP contribution in [0.1, 0.15) is 16.8 Å². The molecule has 0 aliphatic heterocycles. The summed E-state index contributed by atoms with van der Waals surface area (Å²) in [5.74, 6) is 0.0774. The van der Waals surface area contributed by atoms with Crippen molar-refractivity contribution in [3.63, 3.8) is 0 Å². The van der Waals surface area contributed by atoms with Crippen LogP contribution in [0.25, 0.3) is 0 Å². The summed E-state index contributed by atoms with van der Waals surface area (Å²) < 4.78 is 5.52. The lowest BCUT2D eigenvalue weighted by Gasteiger charge is -2.16.